The monoisotopic (exact) mass is 381 g/mol. The van der Waals surface area contributed by atoms with Gasteiger partial charge in [0.2, 0.25) is 11.8 Å². The molecule has 0 unspecified atom stereocenters. The lowest BCUT2D eigenvalue weighted by atomic mass is 10.2. The van der Waals surface area contributed by atoms with Crippen molar-refractivity contribution in [3.63, 3.8) is 0 Å². The van der Waals surface area contributed by atoms with E-state index in [0.29, 0.717) is 22.9 Å². The van der Waals surface area contributed by atoms with Crippen LogP contribution in [0.1, 0.15) is 5.69 Å². The van der Waals surface area contributed by atoms with Gasteiger partial charge < -0.3 is 20.1 Å². The van der Waals surface area contributed by atoms with Crippen molar-refractivity contribution in [1.82, 2.24) is 9.97 Å². The third-order valence-electron chi connectivity index (χ3n) is 3.90. The average molecular weight is 381 g/mol. The van der Waals surface area contributed by atoms with E-state index in [-0.39, 0.29) is 23.1 Å². The summed E-state index contributed by atoms with van der Waals surface area (Å²) in [4.78, 5) is 19.5. The summed E-state index contributed by atoms with van der Waals surface area (Å²) in [5, 5.41) is 17.6. The van der Waals surface area contributed by atoms with E-state index < -0.39 is 4.92 Å². The van der Waals surface area contributed by atoms with Crippen LogP contribution >= 0.6 is 0 Å². The fourth-order valence-corrected chi connectivity index (χ4v) is 2.60. The molecule has 0 aliphatic carbocycles. The van der Waals surface area contributed by atoms with E-state index in [4.69, 9.17) is 9.47 Å². The number of nitrogens with zero attached hydrogens (tertiary/aromatic N) is 3. The second-order valence-corrected chi connectivity index (χ2v) is 5.80. The Morgan fingerprint density at radius 2 is 1.50 bits per heavy atom. The van der Waals surface area contributed by atoms with Gasteiger partial charge in [0.15, 0.2) is 0 Å². The Labute approximate surface area is 161 Å². The Bertz CT molecular complexity index is 1010. The summed E-state index contributed by atoms with van der Waals surface area (Å²) in [6.45, 7) is 1.56. The van der Waals surface area contributed by atoms with E-state index >= 15 is 0 Å². The molecule has 2 N–H and O–H groups in total. The Balaban J connectivity index is 1.98. The van der Waals surface area contributed by atoms with Crippen molar-refractivity contribution in [2.24, 2.45) is 0 Å². The first-order valence-electron chi connectivity index (χ1n) is 8.35. The number of aromatic nitrogens is 2. The molecule has 0 amide bonds. The highest BCUT2D eigenvalue weighted by Gasteiger charge is 2.22. The molecule has 2 aromatic carbocycles. The maximum Gasteiger partial charge on any atom is 0.332 e. The summed E-state index contributed by atoms with van der Waals surface area (Å²) in [6.07, 6.45) is 0. The van der Waals surface area contributed by atoms with Crippen LogP contribution in [0.2, 0.25) is 0 Å². The Kier molecular flexibility index (Phi) is 5.54. The van der Waals surface area contributed by atoms with Gasteiger partial charge in [0.05, 0.1) is 19.1 Å². The molecule has 0 saturated carbocycles. The van der Waals surface area contributed by atoms with E-state index in [9.17, 15) is 10.1 Å². The zero-order chi connectivity index (χ0) is 20.1. The minimum Gasteiger partial charge on any atom is -0.497 e. The summed E-state index contributed by atoms with van der Waals surface area (Å²) < 4.78 is 10.4. The highest BCUT2D eigenvalue weighted by atomic mass is 16.6. The number of benzene rings is 2. The van der Waals surface area contributed by atoms with Crippen LogP contribution in [-0.4, -0.2) is 29.1 Å². The molecule has 3 rings (SSSR count). The molecule has 1 aromatic heterocycles. The SMILES string of the molecule is COc1cccc(Nc2nc(C)c([N+](=O)[O-])c(Nc3cccc(OC)c3)n2)c1. The average Bonchev–Trinajstić information content (AvgIpc) is 2.67. The first kappa shape index (κ1) is 18.9. The molecule has 1 heterocycles. The fraction of sp³-hybridized carbons (Fsp3) is 0.158. The molecule has 0 spiro atoms. The topological polar surface area (TPSA) is 111 Å². The third-order valence-corrected chi connectivity index (χ3v) is 3.90. The molecule has 3 aromatic rings. The minimum atomic E-state index is -0.507. The molecule has 0 atom stereocenters. The van der Waals surface area contributed by atoms with E-state index in [1.54, 1.807) is 51.5 Å². The predicted molar refractivity (Wildman–Crippen MR) is 106 cm³/mol. The van der Waals surface area contributed by atoms with Gasteiger partial charge >= 0.3 is 5.69 Å². The van der Waals surface area contributed by atoms with E-state index in [0.717, 1.165) is 0 Å². The Hall–Kier alpha value is -3.88. The van der Waals surface area contributed by atoms with Gasteiger partial charge in [0.25, 0.3) is 0 Å². The normalized spacial score (nSPS) is 10.2. The number of anilines is 4. The molecule has 0 aliphatic heterocycles. The molecular formula is C19H19N5O4. The van der Waals surface area contributed by atoms with E-state index in [1.165, 1.54) is 0 Å². The maximum atomic E-state index is 11.5. The summed E-state index contributed by atoms with van der Waals surface area (Å²) in [5.41, 5.74) is 1.34. The van der Waals surface area contributed by atoms with Crippen molar-refractivity contribution in [1.29, 1.82) is 0 Å². The summed E-state index contributed by atoms with van der Waals surface area (Å²) >= 11 is 0. The van der Waals surface area contributed by atoms with Gasteiger partial charge in [0.1, 0.15) is 17.2 Å². The molecule has 0 fully saturated rings. The number of rotatable bonds is 7. The number of nitro groups is 1. The Morgan fingerprint density at radius 1 is 0.929 bits per heavy atom. The standard InChI is InChI=1S/C19H19N5O4/c1-12-17(24(25)26)18(21-13-6-4-8-15(10-13)27-2)23-19(20-12)22-14-7-5-9-16(11-14)28-3/h4-11H,1-3H3,(H2,20,21,22,23). The van der Waals surface area contributed by atoms with Crippen molar-refractivity contribution in [3.8, 4) is 11.5 Å². The van der Waals surface area contributed by atoms with Crippen molar-refractivity contribution in [3.05, 3.63) is 64.3 Å². The van der Waals surface area contributed by atoms with Crippen LogP contribution in [0, 0.1) is 17.0 Å². The van der Waals surface area contributed by atoms with Crippen LogP contribution in [0.15, 0.2) is 48.5 Å². The van der Waals surface area contributed by atoms with Gasteiger partial charge in [-0.05, 0) is 31.2 Å². The van der Waals surface area contributed by atoms with Gasteiger partial charge in [0, 0.05) is 23.5 Å². The number of nitrogens with one attached hydrogen (secondary N) is 2. The molecule has 144 valence electrons. The zero-order valence-corrected chi connectivity index (χ0v) is 15.6. The largest absolute Gasteiger partial charge is 0.497 e. The molecular weight excluding hydrogens is 362 g/mol. The van der Waals surface area contributed by atoms with Crippen LogP contribution in [-0.2, 0) is 0 Å². The Morgan fingerprint density at radius 3 is 2.04 bits per heavy atom. The number of methoxy groups -OCH3 is 2. The lowest BCUT2D eigenvalue weighted by molar-refractivity contribution is -0.385. The van der Waals surface area contributed by atoms with Gasteiger partial charge in [-0.3, -0.25) is 10.1 Å². The number of ether oxygens (including phenoxy) is 2. The molecule has 9 heteroatoms. The summed E-state index contributed by atoms with van der Waals surface area (Å²) in [6, 6.07) is 14.2. The molecule has 28 heavy (non-hydrogen) atoms. The van der Waals surface area contributed by atoms with Crippen LogP contribution in [0.25, 0.3) is 0 Å². The van der Waals surface area contributed by atoms with Crippen molar-refractivity contribution in [2.75, 3.05) is 24.9 Å². The first-order valence-corrected chi connectivity index (χ1v) is 8.35. The minimum absolute atomic E-state index is 0.0798. The molecule has 0 aliphatic rings. The van der Waals surface area contributed by atoms with Gasteiger partial charge in [-0.1, -0.05) is 12.1 Å². The van der Waals surface area contributed by atoms with Gasteiger partial charge in [-0.2, -0.15) is 4.98 Å². The second-order valence-electron chi connectivity index (χ2n) is 5.80. The van der Waals surface area contributed by atoms with Crippen LogP contribution < -0.4 is 20.1 Å². The predicted octanol–water partition coefficient (Wildman–Crippen LogP) is 4.20. The first-order chi connectivity index (χ1) is 13.5. The lowest BCUT2D eigenvalue weighted by Crippen LogP contribution is -2.07. The van der Waals surface area contributed by atoms with Crippen LogP contribution in [0.4, 0.5) is 28.8 Å². The molecule has 0 radical (unpaired) electrons. The quantitative estimate of drug-likeness (QED) is 0.463. The summed E-state index contributed by atoms with van der Waals surface area (Å²) in [7, 11) is 3.12. The zero-order valence-electron chi connectivity index (χ0n) is 15.6. The highest BCUT2D eigenvalue weighted by molar-refractivity contribution is 5.70. The second kappa shape index (κ2) is 8.21. The highest BCUT2D eigenvalue weighted by Crippen LogP contribution is 2.31. The van der Waals surface area contributed by atoms with Crippen molar-refractivity contribution < 1.29 is 14.4 Å². The lowest BCUT2D eigenvalue weighted by Gasteiger charge is -2.12. The third kappa shape index (κ3) is 4.26. The fourth-order valence-electron chi connectivity index (χ4n) is 2.60. The van der Waals surface area contributed by atoms with Crippen molar-refractivity contribution >= 4 is 28.8 Å². The summed E-state index contributed by atoms with van der Waals surface area (Å²) in [5.74, 6) is 1.59. The van der Waals surface area contributed by atoms with Gasteiger partial charge in [-0.15, -0.1) is 0 Å². The number of hydrogen-bond donors (Lipinski definition) is 2. The molecule has 0 bridgehead atoms. The van der Waals surface area contributed by atoms with Crippen LogP contribution in [0.3, 0.4) is 0 Å². The molecule has 9 nitrogen and oxygen atoms in total. The number of hydrogen-bond acceptors (Lipinski definition) is 8. The van der Waals surface area contributed by atoms with Crippen LogP contribution in [0.5, 0.6) is 11.5 Å². The van der Waals surface area contributed by atoms with Crippen molar-refractivity contribution in [2.45, 2.75) is 6.92 Å². The number of aryl methyl sites for hydroxylation is 1. The maximum absolute atomic E-state index is 11.5. The molecule has 0 saturated heterocycles. The van der Waals surface area contributed by atoms with E-state index in [1.807, 2.05) is 18.2 Å². The van der Waals surface area contributed by atoms with Gasteiger partial charge in [-0.25, -0.2) is 4.98 Å². The smallest absolute Gasteiger partial charge is 0.332 e. The van der Waals surface area contributed by atoms with E-state index in [2.05, 4.69) is 20.6 Å².